The molecule has 0 bridgehead atoms. The van der Waals surface area contributed by atoms with E-state index in [0.717, 1.165) is 70.4 Å². The minimum Gasteiger partial charge on any atom is -0.369 e. The van der Waals surface area contributed by atoms with E-state index in [1.54, 1.807) is 0 Å². The predicted octanol–water partition coefficient (Wildman–Crippen LogP) is 4.68. The van der Waals surface area contributed by atoms with Crippen molar-refractivity contribution >= 4 is 11.4 Å². The van der Waals surface area contributed by atoms with Crippen molar-refractivity contribution in [2.45, 2.75) is 44.6 Å². The van der Waals surface area contributed by atoms with Crippen molar-refractivity contribution in [1.29, 1.82) is 5.26 Å². The molecule has 1 aliphatic carbocycles. The molecule has 2 aromatic rings. The molecule has 0 N–H and O–H groups in total. The molecule has 2 saturated heterocycles. The molecule has 0 amide bonds. The van der Waals surface area contributed by atoms with Crippen LogP contribution in [0.5, 0.6) is 0 Å². The lowest BCUT2D eigenvalue weighted by Gasteiger charge is -2.37. The van der Waals surface area contributed by atoms with Crippen molar-refractivity contribution in [3.63, 3.8) is 0 Å². The Bertz CT molecular complexity index is 973. The van der Waals surface area contributed by atoms with Gasteiger partial charge in [0.25, 0.3) is 0 Å². The van der Waals surface area contributed by atoms with Gasteiger partial charge in [-0.2, -0.15) is 5.26 Å². The smallest absolute Gasteiger partial charge is 0.0995 e. The Morgan fingerprint density at radius 3 is 2.06 bits per heavy atom. The average Bonchev–Trinajstić information content (AvgIpc) is 2.90. The zero-order valence-electron chi connectivity index (χ0n) is 20.8. The highest BCUT2D eigenvalue weighted by Crippen LogP contribution is 2.33. The lowest BCUT2D eigenvalue weighted by molar-refractivity contribution is 0.249. The van der Waals surface area contributed by atoms with Gasteiger partial charge < -0.3 is 14.7 Å². The fourth-order valence-electron chi connectivity index (χ4n) is 5.88. The second-order valence-electron chi connectivity index (χ2n) is 10.4. The maximum atomic E-state index is 9.69. The van der Waals surface area contributed by atoms with Crippen molar-refractivity contribution in [1.82, 2.24) is 9.80 Å². The van der Waals surface area contributed by atoms with Gasteiger partial charge in [0, 0.05) is 70.3 Å². The van der Waals surface area contributed by atoms with Crippen LogP contribution in [0.4, 0.5) is 11.4 Å². The zero-order chi connectivity index (χ0) is 23.3. The molecule has 3 aliphatic rings. The van der Waals surface area contributed by atoms with E-state index in [9.17, 15) is 5.26 Å². The fourth-order valence-corrected chi connectivity index (χ4v) is 5.88. The molecule has 5 nitrogen and oxygen atoms in total. The molecule has 0 spiro atoms. The van der Waals surface area contributed by atoms with Gasteiger partial charge in [0.15, 0.2) is 0 Å². The first-order valence-corrected chi connectivity index (χ1v) is 13.2. The van der Waals surface area contributed by atoms with Crippen LogP contribution in [-0.4, -0.2) is 69.2 Å². The number of rotatable bonds is 5. The lowest BCUT2D eigenvalue weighted by Crippen LogP contribution is -2.46. The van der Waals surface area contributed by atoms with Crippen molar-refractivity contribution in [2.24, 2.45) is 0 Å². The zero-order valence-corrected chi connectivity index (χ0v) is 20.8. The second-order valence-corrected chi connectivity index (χ2v) is 10.4. The summed E-state index contributed by atoms with van der Waals surface area (Å²) in [4.78, 5) is 9.87. The molecule has 0 atom stereocenters. The molecule has 0 radical (unpaired) electrons. The summed E-state index contributed by atoms with van der Waals surface area (Å²) in [6.07, 6.45) is 6.91. The van der Waals surface area contributed by atoms with Crippen LogP contribution in [0.3, 0.4) is 0 Å². The molecule has 1 saturated carbocycles. The van der Waals surface area contributed by atoms with E-state index in [1.165, 1.54) is 54.6 Å². The van der Waals surface area contributed by atoms with Gasteiger partial charge in [-0.3, -0.25) is 4.90 Å². The summed E-state index contributed by atoms with van der Waals surface area (Å²) in [5.41, 5.74) is 6.14. The molecule has 5 heteroatoms. The number of nitriles is 1. The summed E-state index contributed by atoms with van der Waals surface area (Å²) in [5, 5.41) is 9.69. The van der Waals surface area contributed by atoms with E-state index < -0.39 is 0 Å². The van der Waals surface area contributed by atoms with Gasteiger partial charge in [-0.15, -0.1) is 0 Å². The number of hydrogen-bond donors (Lipinski definition) is 0. The number of piperazine rings is 2. The summed E-state index contributed by atoms with van der Waals surface area (Å²) < 4.78 is 0. The Kier molecular flexibility index (Phi) is 7.37. The third-order valence-electron chi connectivity index (χ3n) is 8.18. The Labute approximate surface area is 205 Å². The molecule has 2 heterocycles. The van der Waals surface area contributed by atoms with Crippen molar-refractivity contribution in [2.75, 3.05) is 69.2 Å². The van der Waals surface area contributed by atoms with Crippen LogP contribution in [-0.2, 0) is 6.54 Å². The van der Waals surface area contributed by atoms with Crippen LogP contribution in [0.1, 0.15) is 54.7 Å². The number of hydrogen-bond acceptors (Lipinski definition) is 5. The van der Waals surface area contributed by atoms with Crippen LogP contribution in [0, 0.1) is 11.3 Å². The largest absolute Gasteiger partial charge is 0.369 e. The molecule has 5 rings (SSSR count). The van der Waals surface area contributed by atoms with Gasteiger partial charge in [-0.25, -0.2) is 0 Å². The first-order chi connectivity index (χ1) is 16.7. The van der Waals surface area contributed by atoms with Crippen molar-refractivity contribution in [3.8, 4) is 6.07 Å². The summed E-state index contributed by atoms with van der Waals surface area (Å²) in [6, 6.07) is 18.3. The van der Waals surface area contributed by atoms with Gasteiger partial charge in [0.1, 0.15) is 0 Å². The molecular weight excluding hydrogens is 418 g/mol. The number of anilines is 2. The monoisotopic (exact) mass is 457 g/mol. The number of nitrogens with zero attached hydrogens (tertiary/aromatic N) is 5. The van der Waals surface area contributed by atoms with E-state index >= 15 is 0 Å². The average molecular weight is 458 g/mol. The maximum absolute atomic E-state index is 9.69. The fraction of sp³-hybridized carbons (Fsp3) is 0.552. The van der Waals surface area contributed by atoms with Crippen LogP contribution >= 0.6 is 0 Å². The highest BCUT2D eigenvalue weighted by molar-refractivity contribution is 5.54. The van der Waals surface area contributed by atoms with E-state index in [4.69, 9.17) is 0 Å². The lowest BCUT2D eigenvalue weighted by atomic mass is 9.84. The van der Waals surface area contributed by atoms with Crippen LogP contribution in [0.15, 0.2) is 42.5 Å². The normalized spacial score (nSPS) is 20.9. The molecule has 2 aliphatic heterocycles. The van der Waals surface area contributed by atoms with Gasteiger partial charge in [-0.1, -0.05) is 31.4 Å². The Morgan fingerprint density at radius 1 is 0.765 bits per heavy atom. The van der Waals surface area contributed by atoms with Crippen molar-refractivity contribution in [3.05, 3.63) is 59.2 Å². The third-order valence-corrected chi connectivity index (χ3v) is 8.18. The molecule has 3 fully saturated rings. The molecule has 34 heavy (non-hydrogen) atoms. The first kappa shape index (κ1) is 23.2. The third kappa shape index (κ3) is 5.40. The standard InChI is InChI=1S/C29H39N5/c1-31-13-17-34(18-14-31)29-12-9-26(22-30)27(21-29)23-32-15-19-33(20-16-32)28-10-7-25(8-11-28)24-5-3-2-4-6-24/h7-12,21,24H,2-6,13-20,23H2,1H3. The Morgan fingerprint density at radius 2 is 1.38 bits per heavy atom. The predicted molar refractivity (Wildman–Crippen MR) is 141 cm³/mol. The number of benzene rings is 2. The summed E-state index contributed by atoms with van der Waals surface area (Å²) in [6.45, 7) is 9.32. The minimum absolute atomic E-state index is 0.774. The van der Waals surface area contributed by atoms with E-state index in [0.29, 0.717) is 0 Å². The van der Waals surface area contributed by atoms with Gasteiger partial charge in [0.2, 0.25) is 0 Å². The molecule has 0 unspecified atom stereocenters. The highest BCUT2D eigenvalue weighted by Gasteiger charge is 2.21. The SMILES string of the molecule is CN1CCN(c2ccc(C#N)c(CN3CCN(c4ccc(C5CCCCC5)cc4)CC3)c2)CC1. The van der Waals surface area contributed by atoms with Gasteiger partial charge in [-0.05, 0) is 67.3 Å². The number of likely N-dealkylation sites (N-methyl/N-ethyl adjacent to an activating group) is 1. The summed E-state index contributed by atoms with van der Waals surface area (Å²) in [5.74, 6) is 0.774. The summed E-state index contributed by atoms with van der Waals surface area (Å²) in [7, 11) is 2.19. The topological polar surface area (TPSA) is 36.8 Å². The Hall–Kier alpha value is -2.55. The highest BCUT2D eigenvalue weighted by atomic mass is 15.3. The molecule has 180 valence electrons. The van der Waals surface area contributed by atoms with Crippen LogP contribution in [0.2, 0.25) is 0 Å². The van der Waals surface area contributed by atoms with Crippen molar-refractivity contribution < 1.29 is 0 Å². The van der Waals surface area contributed by atoms with Crippen LogP contribution in [0.25, 0.3) is 0 Å². The molecular formula is C29H39N5. The maximum Gasteiger partial charge on any atom is 0.0995 e. The van der Waals surface area contributed by atoms with Gasteiger partial charge in [0.05, 0.1) is 11.6 Å². The van der Waals surface area contributed by atoms with E-state index in [1.807, 2.05) is 6.07 Å². The first-order valence-electron chi connectivity index (χ1n) is 13.2. The van der Waals surface area contributed by atoms with Gasteiger partial charge >= 0.3 is 0 Å². The van der Waals surface area contributed by atoms with E-state index in [-0.39, 0.29) is 0 Å². The summed E-state index contributed by atoms with van der Waals surface area (Å²) >= 11 is 0. The van der Waals surface area contributed by atoms with Crippen LogP contribution < -0.4 is 9.80 Å². The van der Waals surface area contributed by atoms with E-state index in [2.05, 4.69) is 69.1 Å². The molecule has 0 aromatic heterocycles. The minimum atomic E-state index is 0.774. The Balaban J connectivity index is 1.18. The molecule has 2 aromatic carbocycles. The second kappa shape index (κ2) is 10.8. The quantitative estimate of drug-likeness (QED) is 0.652.